The highest BCUT2D eigenvalue weighted by molar-refractivity contribution is 5.99. The van der Waals surface area contributed by atoms with Gasteiger partial charge in [0.1, 0.15) is 11.5 Å². The Labute approximate surface area is 162 Å². The van der Waals surface area contributed by atoms with Crippen molar-refractivity contribution >= 4 is 11.6 Å². The molecule has 0 unspecified atom stereocenters. The molecule has 0 spiro atoms. The van der Waals surface area contributed by atoms with Crippen LogP contribution in [0.5, 0.6) is 11.5 Å². The van der Waals surface area contributed by atoms with Crippen molar-refractivity contribution in [1.82, 2.24) is 0 Å². The second-order valence-electron chi connectivity index (χ2n) is 8.50. The molecule has 27 heavy (non-hydrogen) atoms. The third kappa shape index (κ3) is 4.82. The number of hydrogen-bond donors (Lipinski definition) is 0. The Kier molecular flexibility index (Phi) is 5.45. The van der Waals surface area contributed by atoms with E-state index in [-0.39, 0.29) is 11.3 Å². The van der Waals surface area contributed by atoms with Crippen LogP contribution in [0.15, 0.2) is 42.5 Å². The molecule has 0 bridgehead atoms. The molecule has 1 fully saturated rings. The highest BCUT2D eigenvalue weighted by atomic mass is 16.5. The van der Waals surface area contributed by atoms with Crippen LogP contribution in [-0.4, -0.2) is 25.2 Å². The van der Waals surface area contributed by atoms with Crippen LogP contribution in [-0.2, 0) is 4.79 Å². The Balaban J connectivity index is 1.67. The zero-order valence-corrected chi connectivity index (χ0v) is 16.9. The molecule has 4 heteroatoms. The van der Waals surface area contributed by atoms with Crippen LogP contribution in [0.3, 0.4) is 0 Å². The summed E-state index contributed by atoms with van der Waals surface area (Å²) in [7, 11) is 0. The second kappa shape index (κ2) is 7.63. The number of benzene rings is 2. The smallest absolute Gasteiger partial charge is 0.268 e. The van der Waals surface area contributed by atoms with Gasteiger partial charge in [0, 0.05) is 18.7 Å². The average molecular weight is 367 g/mol. The van der Waals surface area contributed by atoms with Crippen molar-refractivity contribution < 1.29 is 14.3 Å². The van der Waals surface area contributed by atoms with Crippen molar-refractivity contribution in [2.75, 3.05) is 18.1 Å². The lowest BCUT2D eigenvalue weighted by Gasteiger charge is -2.22. The fraction of sp³-hybridized carbons (Fsp3) is 0.435. The fourth-order valence-electron chi connectivity index (χ4n) is 3.06. The van der Waals surface area contributed by atoms with Crippen molar-refractivity contribution in [3.05, 3.63) is 53.6 Å². The van der Waals surface area contributed by atoms with E-state index in [0.717, 1.165) is 22.7 Å². The molecule has 1 atom stereocenters. The van der Waals surface area contributed by atoms with Gasteiger partial charge in [-0.2, -0.15) is 0 Å². The van der Waals surface area contributed by atoms with Crippen molar-refractivity contribution in [2.24, 2.45) is 5.41 Å². The van der Waals surface area contributed by atoms with E-state index in [9.17, 15) is 4.79 Å². The average Bonchev–Trinajstić information content (AvgIpc) is 2.96. The summed E-state index contributed by atoms with van der Waals surface area (Å²) in [5.41, 5.74) is 3.21. The van der Waals surface area contributed by atoms with Gasteiger partial charge in [0.05, 0.1) is 6.61 Å². The Morgan fingerprint density at radius 3 is 2.41 bits per heavy atom. The highest BCUT2D eigenvalue weighted by Gasteiger charge is 2.34. The first-order chi connectivity index (χ1) is 12.7. The molecule has 4 nitrogen and oxygen atoms in total. The van der Waals surface area contributed by atoms with Crippen molar-refractivity contribution in [3.8, 4) is 11.5 Å². The van der Waals surface area contributed by atoms with Gasteiger partial charge in [-0.15, -0.1) is 0 Å². The maximum atomic E-state index is 12.8. The van der Waals surface area contributed by atoms with Crippen LogP contribution in [0.1, 0.15) is 38.3 Å². The maximum Gasteiger partial charge on any atom is 0.268 e. The molecule has 0 N–H and O–H groups in total. The Morgan fingerprint density at radius 2 is 1.78 bits per heavy atom. The number of rotatable bonds is 5. The first kappa shape index (κ1) is 19.3. The number of nitrogens with zero attached hydrogens (tertiary/aromatic N) is 1. The van der Waals surface area contributed by atoms with Gasteiger partial charge in [-0.1, -0.05) is 38.5 Å². The predicted molar refractivity (Wildman–Crippen MR) is 109 cm³/mol. The highest BCUT2D eigenvalue weighted by Crippen LogP contribution is 2.30. The van der Waals surface area contributed by atoms with Crippen LogP contribution in [0, 0.1) is 19.3 Å². The van der Waals surface area contributed by atoms with Gasteiger partial charge in [0.2, 0.25) is 0 Å². The topological polar surface area (TPSA) is 38.8 Å². The minimum atomic E-state index is -0.426. The zero-order chi connectivity index (χ0) is 19.6. The maximum absolute atomic E-state index is 12.8. The molecule has 3 rings (SSSR count). The minimum Gasteiger partial charge on any atom is -0.493 e. The number of amides is 1. The summed E-state index contributed by atoms with van der Waals surface area (Å²) in [6.45, 7) is 11.8. The normalized spacial score (nSPS) is 17.3. The summed E-state index contributed by atoms with van der Waals surface area (Å²) in [6, 6.07) is 13.7. The number of ether oxygens (including phenoxy) is 2. The molecule has 1 aliphatic heterocycles. The van der Waals surface area contributed by atoms with Crippen molar-refractivity contribution in [1.29, 1.82) is 0 Å². The molecule has 1 saturated heterocycles. The quantitative estimate of drug-likeness (QED) is 0.753. The number of carbonyl (C=O) groups excluding carboxylic acids is 1. The van der Waals surface area contributed by atoms with Crippen LogP contribution in [0.2, 0.25) is 0 Å². The summed E-state index contributed by atoms with van der Waals surface area (Å²) in [6.07, 6.45) is 0.262. The lowest BCUT2D eigenvalue weighted by molar-refractivity contribution is -0.122. The SMILES string of the molecule is Cc1ccc(O[C@H]2CCN(c3ccc(OCC(C)(C)C)c(C)c3)C2=O)cc1. The van der Waals surface area contributed by atoms with Gasteiger partial charge >= 0.3 is 0 Å². The van der Waals surface area contributed by atoms with E-state index in [1.165, 1.54) is 5.56 Å². The monoisotopic (exact) mass is 367 g/mol. The molecule has 1 aliphatic rings. The summed E-state index contributed by atoms with van der Waals surface area (Å²) in [5, 5.41) is 0. The van der Waals surface area contributed by atoms with Gasteiger partial charge in [0.25, 0.3) is 5.91 Å². The second-order valence-corrected chi connectivity index (χ2v) is 8.50. The van der Waals surface area contributed by atoms with E-state index in [4.69, 9.17) is 9.47 Å². The fourth-order valence-corrected chi connectivity index (χ4v) is 3.06. The first-order valence-electron chi connectivity index (χ1n) is 9.51. The summed E-state index contributed by atoms with van der Waals surface area (Å²) < 4.78 is 11.8. The van der Waals surface area contributed by atoms with E-state index < -0.39 is 6.10 Å². The minimum absolute atomic E-state index is 0.0123. The van der Waals surface area contributed by atoms with Gasteiger partial charge in [-0.3, -0.25) is 4.79 Å². The van der Waals surface area contributed by atoms with E-state index in [1.54, 1.807) is 4.90 Å². The molecular formula is C23H29NO3. The van der Waals surface area contributed by atoms with Gasteiger partial charge in [-0.05, 0) is 55.2 Å². The summed E-state index contributed by atoms with van der Waals surface area (Å²) >= 11 is 0. The molecule has 0 radical (unpaired) electrons. The molecule has 144 valence electrons. The molecular weight excluding hydrogens is 338 g/mol. The van der Waals surface area contributed by atoms with Crippen LogP contribution in [0.4, 0.5) is 5.69 Å². The molecule has 2 aromatic rings. The van der Waals surface area contributed by atoms with E-state index in [2.05, 4.69) is 20.8 Å². The lowest BCUT2D eigenvalue weighted by Crippen LogP contribution is -2.32. The van der Waals surface area contributed by atoms with E-state index in [0.29, 0.717) is 19.6 Å². The van der Waals surface area contributed by atoms with Gasteiger partial charge in [-0.25, -0.2) is 0 Å². The predicted octanol–water partition coefficient (Wildman–Crippen LogP) is 4.91. The molecule has 0 saturated carbocycles. The Bertz CT molecular complexity index is 805. The Hall–Kier alpha value is -2.49. The lowest BCUT2D eigenvalue weighted by atomic mass is 9.98. The number of aryl methyl sites for hydroxylation is 2. The zero-order valence-electron chi connectivity index (χ0n) is 16.9. The third-order valence-electron chi connectivity index (χ3n) is 4.59. The van der Waals surface area contributed by atoms with E-state index >= 15 is 0 Å². The standard InChI is InChI=1S/C23H29NO3/c1-16-6-9-19(10-7-16)27-21-12-13-24(22(21)25)18-8-11-20(17(2)14-18)26-15-23(3,4)5/h6-11,14,21H,12-13,15H2,1-5H3/t21-/m0/s1. The van der Waals surface area contributed by atoms with Crippen LogP contribution < -0.4 is 14.4 Å². The van der Waals surface area contributed by atoms with Gasteiger partial charge in [0.15, 0.2) is 6.10 Å². The Morgan fingerprint density at radius 1 is 1.07 bits per heavy atom. The number of hydrogen-bond acceptors (Lipinski definition) is 3. The molecule has 1 amide bonds. The van der Waals surface area contributed by atoms with Crippen LogP contribution >= 0.6 is 0 Å². The molecule has 1 heterocycles. The third-order valence-corrected chi connectivity index (χ3v) is 4.59. The van der Waals surface area contributed by atoms with E-state index in [1.807, 2.05) is 56.3 Å². The number of anilines is 1. The molecule has 0 aromatic heterocycles. The summed E-state index contributed by atoms with van der Waals surface area (Å²) in [4.78, 5) is 14.6. The largest absolute Gasteiger partial charge is 0.493 e. The van der Waals surface area contributed by atoms with Crippen LogP contribution in [0.25, 0.3) is 0 Å². The number of carbonyl (C=O) groups is 1. The first-order valence-corrected chi connectivity index (χ1v) is 9.51. The molecule has 0 aliphatic carbocycles. The van der Waals surface area contributed by atoms with Crippen molar-refractivity contribution in [3.63, 3.8) is 0 Å². The summed E-state index contributed by atoms with van der Waals surface area (Å²) in [5.74, 6) is 1.62. The molecule has 2 aromatic carbocycles. The van der Waals surface area contributed by atoms with Crippen molar-refractivity contribution in [2.45, 2.75) is 47.1 Å². The van der Waals surface area contributed by atoms with Gasteiger partial charge < -0.3 is 14.4 Å².